The van der Waals surface area contributed by atoms with Crippen molar-refractivity contribution in [2.24, 2.45) is 29.6 Å². The second-order valence-corrected chi connectivity index (χ2v) is 21.3. The molecule has 17 nitrogen and oxygen atoms in total. The first-order valence-electron chi connectivity index (χ1n) is 25.4. The minimum atomic E-state index is -0.742. The van der Waals surface area contributed by atoms with Crippen LogP contribution < -0.4 is 0 Å². The zero-order chi connectivity index (χ0) is 51.8. The van der Waals surface area contributed by atoms with E-state index in [0.29, 0.717) is 57.4 Å². The van der Waals surface area contributed by atoms with Crippen molar-refractivity contribution in [1.29, 1.82) is 0 Å². The maximum atomic E-state index is 14.7. The smallest absolute Gasteiger partial charge is 0.242 e. The van der Waals surface area contributed by atoms with Crippen molar-refractivity contribution < 1.29 is 43.0 Å². The summed E-state index contributed by atoms with van der Waals surface area (Å²) >= 11 is 1.38. The van der Waals surface area contributed by atoms with E-state index in [4.69, 9.17) is 9.47 Å². The highest BCUT2D eigenvalue weighted by Crippen LogP contribution is 2.33. The maximum absolute atomic E-state index is 14.7. The van der Waals surface area contributed by atoms with Crippen molar-refractivity contribution in [3.8, 4) is 0 Å². The molecule has 2 aromatic rings. The number of Topliss-reactive ketones (excluding diaryl/α,β-unsaturated/α-hetero) is 2. The van der Waals surface area contributed by atoms with Gasteiger partial charge >= 0.3 is 0 Å². The number of thioether (sulfide) groups is 1. The molecule has 1 aromatic heterocycles. The number of rotatable bonds is 30. The number of methoxy groups -OCH3 is 2. The van der Waals surface area contributed by atoms with Crippen molar-refractivity contribution in [1.82, 2.24) is 40.2 Å². The zero-order valence-corrected chi connectivity index (χ0v) is 44.7. The molecule has 2 aliphatic heterocycles. The first kappa shape index (κ1) is 58.0. The van der Waals surface area contributed by atoms with E-state index in [1.807, 2.05) is 90.0 Å². The van der Waals surface area contributed by atoms with Gasteiger partial charge in [-0.25, -0.2) is 0 Å². The SMILES string of the molecule is CC[C@H](C)[C@@H]([C@@H](CC(=O)N1CCC[C@H]1[C@H](OC)[C@@H](C)C(=O)C[C@@H](Cc1ccccc1)c1nn[nH]n1)OC)N(C)C(=O)[C@@H](CC(=O)[C@H](C(C)C)N(C)C(=O)CCCCCN1C(=O)CC(SC)C1=O)C(C)C. The molecule has 10 atom stereocenters. The summed E-state index contributed by atoms with van der Waals surface area (Å²) in [4.78, 5) is 102. The van der Waals surface area contributed by atoms with Gasteiger partial charge < -0.3 is 24.2 Å². The number of hydrogen-bond acceptors (Lipinski definition) is 13. The van der Waals surface area contributed by atoms with E-state index in [-0.39, 0.29) is 108 Å². The quantitative estimate of drug-likeness (QED) is 0.0688. The average Bonchev–Trinajstić information content (AvgIpc) is 4.12. The number of aromatic amines is 1. The van der Waals surface area contributed by atoms with Crippen LogP contribution in [0.3, 0.4) is 0 Å². The summed E-state index contributed by atoms with van der Waals surface area (Å²) in [6.07, 6.45) is 5.58. The molecule has 3 heterocycles. The molecule has 1 aromatic carbocycles. The molecule has 18 heteroatoms. The van der Waals surface area contributed by atoms with Gasteiger partial charge in [0.25, 0.3) is 0 Å². The van der Waals surface area contributed by atoms with Crippen LogP contribution in [-0.2, 0) is 49.5 Å². The van der Waals surface area contributed by atoms with E-state index in [9.17, 15) is 33.6 Å². The van der Waals surface area contributed by atoms with Crippen LogP contribution >= 0.6 is 11.8 Å². The number of carbonyl (C=O) groups is 7. The number of imide groups is 1. The number of carbonyl (C=O) groups excluding carboxylic acids is 7. The normalized spacial score (nSPS) is 19.7. The third-order valence-corrected chi connectivity index (χ3v) is 15.9. The Hall–Kier alpha value is -4.55. The first-order chi connectivity index (χ1) is 33.3. The number of nitrogens with one attached hydrogen (secondary N) is 1. The number of likely N-dealkylation sites (tertiary alicyclic amines) is 2. The third kappa shape index (κ3) is 15.0. The summed E-state index contributed by atoms with van der Waals surface area (Å²) < 4.78 is 12.2. The molecule has 0 saturated carbocycles. The van der Waals surface area contributed by atoms with Crippen molar-refractivity contribution in [2.45, 2.75) is 167 Å². The van der Waals surface area contributed by atoms with Crippen LogP contribution in [0, 0.1) is 29.6 Å². The Morgan fingerprint density at radius 2 is 1.59 bits per heavy atom. The summed E-state index contributed by atoms with van der Waals surface area (Å²) in [6, 6.07) is 8.26. The van der Waals surface area contributed by atoms with Crippen molar-refractivity contribution in [2.75, 3.05) is 47.7 Å². The lowest BCUT2D eigenvalue weighted by Crippen LogP contribution is -2.54. The van der Waals surface area contributed by atoms with E-state index in [1.54, 1.807) is 33.2 Å². The molecule has 1 N–H and O–H groups in total. The van der Waals surface area contributed by atoms with Crippen molar-refractivity contribution in [3.63, 3.8) is 0 Å². The van der Waals surface area contributed by atoms with Crippen LogP contribution in [0.2, 0.25) is 0 Å². The van der Waals surface area contributed by atoms with Crippen LogP contribution in [0.15, 0.2) is 30.3 Å². The number of unbranched alkanes of at least 4 members (excludes halogenated alkanes) is 2. The van der Waals surface area contributed by atoms with E-state index < -0.39 is 36.1 Å². The molecule has 1 unspecified atom stereocenters. The fourth-order valence-corrected chi connectivity index (χ4v) is 11.3. The number of tetrazole rings is 1. The van der Waals surface area contributed by atoms with Gasteiger partial charge in [0.15, 0.2) is 11.6 Å². The lowest BCUT2D eigenvalue weighted by Gasteiger charge is -2.41. The third-order valence-electron chi connectivity index (χ3n) is 14.9. The summed E-state index contributed by atoms with van der Waals surface area (Å²) in [5.74, 6) is -2.65. The molecular weight excluding hydrogens is 913 g/mol. The number of benzene rings is 1. The Balaban J connectivity index is 1.41. The Morgan fingerprint density at radius 3 is 2.16 bits per heavy atom. The van der Waals surface area contributed by atoms with Gasteiger partial charge in [0.05, 0.1) is 42.0 Å². The lowest BCUT2D eigenvalue weighted by atomic mass is 9.83. The Morgan fingerprint density at radius 1 is 0.886 bits per heavy atom. The zero-order valence-electron chi connectivity index (χ0n) is 43.9. The van der Waals surface area contributed by atoms with E-state index in [0.717, 1.165) is 12.0 Å². The monoisotopic (exact) mass is 995 g/mol. The highest BCUT2D eigenvalue weighted by Gasteiger charge is 2.44. The summed E-state index contributed by atoms with van der Waals surface area (Å²) in [7, 11) is 6.51. The molecule has 0 spiro atoms. The minimum absolute atomic E-state index is 0.00401. The van der Waals surface area contributed by atoms with Gasteiger partial charge in [-0.3, -0.25) is 38.5 Å². The van der Waals surface area contributed by atoms with Crippen LogP contribution in [-0.4, -0.2) is 165 Å². The van der Waals surface area contributed by atoms with Crippen LogP contribution in [0.4, 0.5) is 0 Å². The average molecular weight is 995 g/mol. The predicted octanol–water partition coefficient (Wildman–Crippen LogP) is 6.17. The number of ether oxygens (including phenoxy) is 2. The fraction of sp³-hybridized carbons (Fsp3) is 0.731. The van der Waals surface area contributed by atoms with Gasteiger partial charge in [-0.1, -0.05) is 96.9 Å². The maximum Gasteiger partial charge on any atom is 0.242 e. The number of likely N-dealkylation sites (N-methyl/N-ethyl adjacent to an activating group) is 2. The number of aromatic nitrogens is 4. The minimum Gasteiger partial charge on any atom is -0.379 e. The molecule has 0 radical (unpaired) electrons. The van der Waals surface area contributed by atoms with E-state index in [1.165, 1.54) is 21.6 Å². The standard InChI is InChI=1S/C52H82N8O9S/c1-13-34(6)48(58(9)51(66)38(32(2)3)29-41(62)47(33(4)5)57(8)44(63)24-18-15-19-25-60-46(65)31-43(70-12)52(60)67)42(68-10)30-45(64)59-26-20-23-39(59)49(69-11)35(7)40(61)28-37(50-53-55-56-54-50)27-36-21-16-14-17-22-36/h14,16-17,21-22,32-35,37-39,42-43,47-49H,13,15,18-20,23-31H2,1-12H3,(H,53,54,55,56)/t34-,35-,37+,38-,39-,42+,43?,47-,48-,49+/m0/s1. The van der Waals surface area contributed by atoms with Gasteiger partial charge in [-0.15, -0.1) is 10.2 Å². The molecular formula is C52H82N8O9S. The number of hydrogen-bond donors (Lipinski definition) is 1. The summed E-state index contributed by atoms with van der Waals surface area (Å²) in [6.45, 7) is 14.4. The van der Waals surface area contributed by atoms with Gasteiger partial charge in [-0.2, -0.15) is 17.0 Å². The van der Waals surface area contributed by atoms with Gasteiger partial charge in [-0.05, 0) is 61.7 Å². The Bertz CT molecular complexity index is 2020. The molecule has 2 saturated heterocycles. The topological polar surface area (TPSA) is 205 Å². The molecule has 0 aliphatic carbocycles. The summed E-state index contributed by atoms with van der Waals surface area (Å²) in [5.41, 5.74) is 1.05. The van der Waals surface area contributed by atoms with Crippen LogP contribution in [0.1, 0.15) is 136 Å². The van der Waals surface area contributed by atoms with Gasteiger partial charge in [0.2, 0.25) is 29.5 Å². The number of ketones is 2. The fourth-order valence-electron chi connectivity index (χ4n) is 10.6. The molecule has 390 valence electrons. The molecule has 2 aliphatic rings. The molecule has 70 heavy (non-hydrogen) atoms. The highest BCUT2D eigenvalue weighted by atomic mass is 32.2. The largest absolute Gasteiger partial charge is 0.379 e. The lowest BCUT2D eigenvalue weighted by molar-refractivity contribution is -0.149. The van der Waals surface area contributed by atoms with E-state index in [2.05, 4.69) is 20.6 Å². The first-order valence-corrected chi connectivity index (χ1v) is 26.7. The second-order valence-electron chi connectivity index (χ2n) is 20.3. The highest BCUT2D eigenvalue weighted by molar-refractivity contribution is 8.00. The number of H-pyrrole nitrogens is 1. The Kier molecular flexibility index (Phi) is 23.1. The molecule has 0 bridgehead atoms. The molecule has 5 amide bonds. The molecule has 4 rings (SSSR count). The second kappa shape index (κ2) is 27.9. The predicted molar refractivity (Wildman–Crippen MR) is 269 cm³/mol. The molecule has 2 fully saturated rings. The Labute approximate surface area is 420 Å². The van der Waals surface area contributed by atoms with Gasteiger partial charge in [0, 0.05) is 84.8 Å². The number of nitrogens with zero attached hydrogens (tertiary/aromatic N) is 7. The summed E-state index contributed by atoms with van der Waals surface area (Å²) in [5, 5.41) is 14.4. The van der Waals surface area contributed by atoms with Crippen LogP contribution in [0.25, 0.3) is 0 Å². The van der Waals surface area contributed by atoms with Crippen LogP contribution in [0.5, 0.6) is 0 Å². The van der Waals surface area contributed by atoms with Crippen molar-refractivity contribution in [3.05, 3.63) is 41.7 Å². The van der Waals surface area contributed by atoms with E-state index >= 15 is 0 Å². The van der Waals surface area contributed by atoms with Gasteiger partial charge in [0.1, 0.15) is 5.78 Å². The number of amides is 5. The van der Waals surface area contributed by atoms with Crippen molar-refractivity contribution >= 4 is 52.9 Å².